The van der Waals surface area contributed by atoms with Crippen molar-refractivity contribution < 1.29 is 4.79 Å². The highest BCUT2D eigenvalue weighted by molar-refractivity contribution is 5.83. The molecule has 2 fully saturated rings. The lowest BCUT2D eigenvalue weighted by atomic mass is 9.77. The number of carbonyl (C=O) groups is 1. The topological polar surface area (TPSA) is 50.2 Å². The van der Waals surface area contributed by atoms with E-state index in [4.69, 9.17) is 0 Å². The fourth-order valence-corrected chi connectivity index (χ4v) is 4.07. The first kappa shape index (κ1) is 15.4. The van der Waals surface area contributed by atoms with E-state index in [1.807, 2.05) is 47.5 Å². The first-order valence-corrected chi connectivity index (χ1v) is 8.81. The van der Waals surface area contributed by atoms with Crippen molar-refractivity contribution in [3.05, 3.63) is 54.4 Å². The average molecular weight is 324 g/mol. The van der Waals surface area contributed by atoms with Gasteiger partial charge in [-0.2, -0.15) is 5.10 Å². The van der Waals surface area contributed by atoms with Crippen LogP contribution in [0, 0.1) is 5.41 Å². The van der Waals surface area contributed by atoms with E-state index in [9.17, 15) is 4.79 Å². The standard InChI is InChI=1S/C19H24N4O/c24-18(22-13-8-19(9-14-22)7-11-20-15-19)17(23-12-4-10-21-23)16-5-2-1-3-6-16/h1-6,10,12,17,20H,7-9,11,13-15H2. The molecule has 1 amide bonds. The fraction of sp³-hybridized carbons (Fsp3) is 0.474. The first-order chi connectivity index (χ1) is 11.8. The maximum absolute atomic E-state index is 13.2. The van der Waals surface area contributed by atoms with Crippen molar-refractivity contribution in [3.63, 3.8) is 0 Å². The fourth-order valence-electron chi connectivity index (χ4n) is 4.07. The minimum Gasteiger partial charge on any atom is -0.340 e. The van der Waals surface area contributed by atoms with E-state index >= 15 is 0 Å². The van der Waals surface area contributed by atoms with Gasteiger partial charge in [-0.05, 0) is 42.9 Å². The van der Waals surface area contributed by atoms with Gasteiger partial charge >= 0.3 is 0 Å². The Kier molecular flexibility index (Phi) is 4.10. The number of aromatic nitrogens is 2. The average Bonchev–Trinajstić information content (AvgIpc) is 3.30. The largest absolute Gasteiger partial charge is 0.340 e. The van der Waals surface area contributed by atoms with Gasteiger partial charge < -0.3 is 10.2 Å². The van der Waals surface area contributed by atoms with Crippen LogP contribution in [0.25, 0.3) is 0 Å². The number of benzene rings is 1. The Morgan fingerprint density at radius 3 is 2.54 bits per heavy atom. The molecule has 3 heterocycles. The highest BCUT2D eigenvalue weighted by Gasteiger charge is 2.39. The number of likely N-dealkylation sites (tertiary alicyclic amines) is 1. The lowest BCUT2D eigenvalue weighted by Gasteiger charge is -2.40. The summed E-state index contributed by atoms with van der Waals surface area (Å²) >= 11 is 0. The number of rotatable bonds is 3. The van der Waals surface area contributed by atoms with Crippen LogP contribution in [0.3, 0.4) is 0 Å². The van der Waals surface area contributed by atoms with Gasteiger partial charge in [-0.1, -0.05) is 30.3 Å². The van der Waals surface area contributed by atoms with Gasteiger partial charge in [-0.15, -0.1) is 0 Å². The van der Waals surface area contributed by atoms with Crippen molar-refractivity contribution >= 4 is 5.91 Å². The third-order valence-corrected chi connectivity index (χ3v) is 5.61. The van der Waals surface area contributed by atoms with Gasteiger partial charge in [0, 0.05) is 32.0 Å². The Balaban J connectivity index is 1.54. The van der Waals surface area contributed by atoms with Crippen LogP contribution in [0.2, 0.25) is 0 Å². The van der Waals surface area contributed by atoms with Crippen LogP contribution in [0.15, 0.2) is 48.8 Å². The molecule has 2 aliphatic rings. The van der Waals surface area contributed by atoms with Gasteiger partial charge in [-0.3, -0.25) is 9.48 Å². The van der Waals surface area contributed by atoms with E-state index in [0.29, 0.717) is 5.41 Å². The highest BCUT2D eigenvalue weighted by Crippen LogP contribution is 2.37. The summed E-state index contributed by atoms with van der Waals surface area (Å²) in [5.41, 5.74) is 1.42. The van der Waals surface area contributed by atoms with Gasteiger partial charge in [-0.25, -0.2) is 0 Å². The normalized spacial score (nSPS) is 21.1. The Bertz CT molecular complexity index is 667. The molecule has 1 atom stereocenters. The molecule has 5 nitrogen and oxygen atoms in total. The van der Waals surface area contributed by atoms with E-state index in [2.05, 4.69) is 10.4 Å². The molecule has 126 valence electrons. The summed E-state index contributed by atoms with van der Waals surface area (Å²) in [5.74, 6) is 0.158. The minimum atomic E-state index is -0.364. The zero-order chi connectivity index (χ0) is 16.4. The lowest BCUT2D eigenvalue weighted by Crippen LogP contribution is -2.46. The summed E-state index contributed by atoms with van der Waals surface area (Å²) in [6.07, 6.45) is 7.07. The van der Waals surface area contributed by atoms with Gasteiger partial charge in [0.15, 0.2) is 6.04 Å². The predicted molar refractivity (Wildman–Crippen MR) is 92.5 cm³/mol. The van der Waals surface area contributed by atoms with Crippen molar-refractivity contribution in [3.8, 4) is 0 Å². The summed E-state index contributed by atoms with van der Waals surface area (Å²) in [7, 11) is 0. The Morgan fingerprint density at radius 2 is 1.92 bits per heavy atom. The van der Waals surface area contributed by atoms with Crippen LogP contribution in [0.5, 0.6) is 0 Å². The van der Waals surface area contributed by atoms with Crippen LogP contribution < -0.4 is 5.32 Å². The number of nitrogens with one attached hydrogen (secondary N) is 1. The summed E-state index contributed by atoms with van der Waals surface area (Å²) in [4.78, 5) is 15.3. The number of hydrogen-bond acceptors (Lipinski definition) is 3. The zero-order valence-corrected chi connectivity index (χ0v) is 13.9. The third kappa shape index (κ3) is 2.84. The molecule has 4 rings (SSSR count). The SMILES string of the molecule is O=C(C(c1ccccc1)n1cccn1)N1CCC2(CCNC2)CC1. The van der Waals surface area contributed by atoms with E-state index in [-0.39, 0.29) is 11.9 Å². The molecule has 0 bridgehead atoms. The molecule has 5 heteroatoms. The number of hydrogen-bond donors (Lipinski definition) is 1. The second-order valence-corrected chi connectivity index (χ2v) is 7.05. The van der Waals surface area contributed by atoms with Crippen LogP contribution >= 0.6 is 0 Å². The molecule has 1 aromatic heterocycles. The van der Waals surface area contributed by atoms with Gasteiger partial charge in [0.05, 0.1) is 0 Å². The van der Waals surface area contributed by atoms with Crippen molar-refractivity contribution in [1.82, 2.24) is 20.0 Å². The summed E-state index contributed by atoms with van der Waals surface area (Å²) in [5, 5.41) is 7.82. The van der Waals surface area contributed by atoms with Crippen LogP contribution in [-0.2, 0) is 4.79 Å². The second-order valence-electron chi connectivity index (χ2n) is 7.05. The van der Waals surface area contributed by atoms with Crippen LogP contribution in [0.4, 0.5) is 0 Å². The first-order valence-electron chi connectivity index (χ1n) is 8.81. The molecule has 0 radical (unpaired) electrons. The molecule has 2 saturated heterocycles. The molecule has 1 N–H and O–H groups in total. The third-order valence-electron chi connectivity index (χ3n) is 5.61. The van der Waals surface area contributed by atoms with Crippen molar-refractivity contribution in [2.75, 3.05) is 26.2 Å². The van der Waals surface area contributed by atoms with Crippen LogP contribution in [-0.4, -0.2) is 46.8 Å². The van der Waals surface area contributed by atoms with Gasteiger partial charge in [0.2, 0.25) is 0 Å². The summed E-state index contributed by atoms with van der Waals surface area (Å²) in [6.45, 7) is 3.93. The molecular weight excluding hydrogens is 300 g/mol. The van der Waals surface area contributed by atoms with Gasteiger partial charge in [0.25, 0.3) is 5.91 Å². The number of amides is 1. The quantitative estimate of drug-likeness (QED) is 0.940. The summed E-state index contributed by atoms with van der Waals surface area (Å²) in [6, 6.07) is 11.5. The second kappa shape index (κ2) is 6.40. The molecule has 0 saturated carbocycles. The number of carbonyl (C=O) groups excluding carboxylic acids is 1. The van der Waals surface area contributed by atoms with E-state index in [1.54, 1.807) is 10.9 Å². The molecule has 1 aromatic carbocycles. The Morgan fingerprint density at radius 1 is 1.12 bits per heavy atom. The smallest absolute Gasteiger partial charge is 0.252 e. The molecular formula is C19H24N4O. The number of piperidine rings is 1. The molecule has 1 unspecified atom stereocenters. The maximum atomic E-state index is 13.2. The predicted octanol–water partition coefficient (Wildman–Crippen LogP) is 2.07. The summed E-state index contributed by atoms with van der Waals surface area (Å²) < 4.78 is 1.78. The van der Waals surface area contributed by atoms with Crippen molar-refractivity contribution in [1.29, 1.82) is 0 Å². The van der Waals surface area contributed by atoms with Gasteiger partial charge in [0.1, 0.15) is 0 Å². The minimum absolute atomic E-state index is 0.158. The monoisotopic (exact) mass is 324 g/mol. The molecule has 1 spiro atoms. The Hall–Kier alpha value is -2.14. The lowest BCUT2D eigenvalue weighted by molar-refractivity contribution is -0.136. The van der Waals surface area contributed by atoms with E-state index < -0.39 is 0 Å². The van der Waals surface area contributed by atoms with Crippen molar-refractivity contribution in [2.24, 2.45) is 5.41 Å². The number of nitrogens with zero attached hydrogens (tertiary/aromatic N) is 3. The van der Waals surface area contributed by atoms with E-state index in [1.165, 1.54) is 6.42 Å². The van der Waals surface area contributed by atoms with Crippen LogP contribution in [0.1, 0.15) is 30.9 Å². The Labute approximate surface area is 142 Å². The molecule has 2 aliphatic heterocycles. The molecule has 2 aromatic rings. The molecule has 24 heavy (non-hydrogen) atoms. The molecule has 0 aliphatic carbocycles. The maximum Gasteiger partial charge on any atom is 0.252 e. The van der Waals surface area contributed by atoms with E-state index in [0.717, 1.165) is 44.6 Å². The zero-order valence-electron chi connectivity index (χ0n) is 13.9. The van der Waals surface area contributed by atoms with Crippen molar-refractivity contribution in [2.45, 2.75) is 25.3 Å². The highest BCUT2D eigenvalue weighted by atomic mass is 16.2.